The summed E-state index contributed by atoms with van der Waals surface area (Å²) in [5, 5.41) is 2.97. The quantitative estimate of drug-likeness (QED) is 0.297. The van der Waals surface area contributed by atoms with Crippen molar-refractivity contribution in [2.45, 2.75) is 32.9 Å². The van der Waals surface area contributed by atoms with Crippen LogP contribution in [0.3, 0.4) is 0 Å². The lowest BCUT2D eigenvalue weighted by molar-refractivity contribution is -0.140. The Morgan fingerprint density at radius 1 is 0.950 bits per heavy atom. The number of benzene rings is 3. The van der Waals surface area contributed by atoms with Crippen LogP contribution in [0.2, 0.25) is 0 Å². The number of halogens is 1. The highest BCUT2D eigenvalue weighted by atomic mass is 79.9. The van der Waals surface area contributed by atoms with Crippen molar-refractivity contribution in [1.82, 2.24) is 10.2 Å². The van der Waals surface area contributed by atoms with Crippen LogP contribution < -0.4 is 14.4 Å². The van der Waals surface area contributed by atoms with Gasteiger partial charge in [-0.3, -0.25) is 13.9 Å². The van der Waals surface area contributed by atoms with Crippen LogP contribution in [0.5, 0.6) is 5.75 Å². The summed E-state index contributed by atoms with van der Waals surface area (Å²) in [5.41, 5.74) is 1.97. The Hall–Kier alpha value is -3.37. The summed E-state index contributed by atoms with van der Waals surface area (Å²) in [6.07, 6.45) is 1.32. The molecule has 3 aromatic carbocycles. The van der Waals surface area contributed by atoms with Gasteiger partial charge in [-0.05, 0) is 41.3 Å². The van der Waals surface area contributed by atoms with Gasteiger partial charge in [-0.1, -0.05) is 78.3 Å². The smallest absolute Gasteiger partial charge is 0.244 e. The Bertz CT molecular complexity index is 1400. The second-order valence-corrected chi connectivity index (χ2v) is 12.8. The Morgan fingerprint density at radius 2 is 1.62 bits per heavy atom. The third-order valence-corrected chi connectivity index (χ3v) is 7.85. The van der Waals surface area contributed by atoms with Crippen LogP contribution >= 0.6 is 15.9 Å². The molecule has 8 nitrogen and oxygen atoms in total. The van der Waals surface area contributed by atoms with Crippen molar-refractivity contribution in [2.75, 3.05) is 30.8 Å². The van der Waals surface area contributed by atoms with Gasteiger partial charge in [0.25, 0.3) is 0 Å². The lowest BCUT2D eigenvalue weighted by Crippen LogP contribution is -2.53. The van der Waals surface area contributed by atoms with Crippen molar-refractivity contribution in [3.63, 3.8) is 0 Å². The minimum absolute atomic E-state index is 0.112. The topological polar surface area (TPSA) is 96.0 Å². The molecule has 0 aliphatic heterocycles. The average Bonchev–Trinajstić information content (AvgIpc) is 2.92. The standard InChI is InChI=1S/C30H36BrN3O5S/c1-22(2)19-32-30(36)28(17-23-10-6-5-7-11-23)33(20-24-12-8-13-25(31)16-24)29(35)21-34(40(4,37)38)26-14-9-15-27(18-26)39-3/h5-16,18,22,28H,17,19-21H2,1-4H3,(H,32,36)/t28-/m0/s1. The highest BCUT2D eigenvalue weighted by molar-refractivity contribution is 9.10. The van der Waals surface area contributed by atoms with Crippen LogP contribution in [0.25, 0.3) is 0 Å². The number of carbonyl (C=O) groups excluding carboxylic acids is 2. The summed E-state index contributed by atoms with van der Waals surface area (Å²) in [6, 6.07) is 22.6. The number of sulfonamides is 1. The third kappa shape index (κ3) is 9.09. The molecular formula is C30H36BrN3O5S. The summed E-state index contributed by atoms with van der Waals surface area (Å²) in [4.78, 5) is 29.2. The van der Waals surface area contributed by atoms with E-state index in [9.17, 15) is 18.0 Å². The van der Waals surface area contributed by atoms with Gasteiger partial charge in [0.1, 0.15) is 18.3 Å². The number of hydrogen-bond acceptors (Lipinski definition) is 5. The molecule has 0 fully saturated rings. The highest BCUT2D eigenvalue weighted by Gasteiger charge is 2.33. The van der Waals surface area contributed by atoms with Gasteiger partial charge in [-0.25, -0.2) is 8.42 Å². The molecule has 10 heteroatoms. The van der Waals surface area contributed by atoms with Crippen LogP contribution in [-0.2, 0) is 32.6 Å². The zero-order valence-corrected chi connectivity index (χ0v) is 25.6. The fraction of sp³-hybridized carbons (Fsp3) is 0.333. The molecule has 3 aromatic rings. The highest BCUT2D eigenvalue weighted by Crippen LogP contribution is 2.24. The van der Waals surface area contributed by atoms with Crippen molar-refractivity contribution in [3.8, 4) is 5.75 Å². The Kier molecular flexibility index (Phi) is 11.2. The van der Waals surface area contributed by atoms with Gasteiger partial charge in [0.2, 0.25) is 21.8 Å². The molecule has 0 aliphatic rings. The molecule has 0 unspecified atom stereocenters. The number of methoxy groups -OCH3 is 1. The first kappa shape index (κ1) is 31.2. The average molecular weight is 631 g/mol. The van der Waals surface area contributed by atoms with Gasteiger partial charge in [0.05, 0.1) is 19.1 Å². The molecule has 2 amide bonds. The minimum Gasteiger partial charge on any atom is -0.497 e. The van der Waals surface area contributed by atoms with Crippen LogP contribution in [0.4, 0.5) is 5.69 Å². The lowest BCUT2D eigenvalue weighted by Gasteiger charge is -2.33. The largest absolute Gasteiger partial charge is 0.497 e. The molecule has 0 saturated carbocycles. The first-order chi connectivity index (χ1) is 19.0. The van der Waals surface area contributed by atoms with E-state index in [1.807, 2.05) is 68.4 Å². The molecule has 214 valence electrons. The second-order valence-electron chi connectivity index (χ2n) is 9.97. The van der Waals surface area contributed by atoms with E-state index in [0.717, 1.165) is 26.2 Å². The number of amides is 2. The lowest BCUT2D eigenvalue weighted by atomic mass is 10.0. The van der Waals surface area contributed by atoms with Crippen molar-refractivity contribution in [2.24, 2.45) is 5.92 Å². The minimum atomic E-state index is -3.86. The normalized spacial score (nSPS) is 12.1. The van der Waals surface area contributed by atoms with Gasteiger partial charge in [-0.2, -0.15) is 0 Å². The van der Waals surface area contributed by atoms with E-state index < -0.39 is 28.5 Å². The zero-order chi connectivity index (χ0) is 29.3. The van der Waals surface area contributed by atoms with Gasteiger partial charge < -0.3 is 15.0 Å². The number of nitrogens with one attached hydrogen (secondary N) is 1. The van der Waals surface area contributed by atoms with Gasteiger partial charge in [0, 0.05) is 30.0 Å². The fourth-order valence-electron chi connectivity index (χ4n) is 4.19. The Balaban J connectivity index is 2.05. The number of hydrogen-bond donors (Lipinski definition) is 1. The zero-order valence-electron chi connectivity index (χ0n) is 23.2. The van der Waals surface area contributed by atoms with E-state index in [0.29, 0.717) is 18.0 Å². The molecule has 0 aromatic heterocycles. The predicted molar refractivity (Wildman–Crippen MR) is 162 cm³/mol. The molecule has 1 atom stereocenters. The van der Waals surface area contributed by atoms with Gasteiger partial charge in [0.15, 0.2) is 0 Å². The number of nitrogens with zero attached hydrogens (tertiary/aromatic N) is 2. The molecular weight excluding hydrogens is 594 g/mol. The first-order valence-corrected chi connectivity index (χ1v) is 15.6. The Morgan fingerprint density at radius 3 is 2.25 bits per heavy atom. The van der Waals surface area contributed by atoms with Crippen molar-refractivity contribution < 1.29 is 22.7 Å². The number of carbonyl (C=O) groups is 2. The van der Waals surface area contributed by atoms with E-state index in [4.69, 9.17) is 4.74 Å². The monoisotopic (exact) mass is 629 g/mol. The van der Waals surface area contributed by atoms with Crippen LogP contribution in [-0.4, -0.2) is 57.6 Å². The van der Waals surface area contributed by atoms with Crippen LogP contribution in [0, 0.1) is 5.92 Å². The predicted octanol–water partition coefficient (Wildman–Crippen LogP) is 4.64. The molecule has 0 bridgehead atoms. The van der Waals surface area contributed by atoms with Crippen molar-refractivity contribution in [3.05, 3.63) is 94.5 Å². The second kappa shape index (κ2) is 14.3. The molecule has 0 saturated heterocycles. The fourth-order valence-corrected chi connectivity index (χ4v) is 5.48. The molecule has 0 heterocycles. The maximum absolute atomic E-state index is 14.1. The van der Waals surface area contributed by atoms with E-state index in [1.54, 1.807) is 24.3 Å². The number of rotatable bonds is 13. The summed E-state index contributed by atoms with van der Waals surface area (Å²) in [5.74, 6) is -0.133. The van der Waals surface area contributed by atoms with E-state index in [-0.39, 0.29) is 24.8 Å². The molecule has 40 heavy (non-hydrogen) atoms. The first-order valence-electron chi connectivity index (χ1n) is 12.9. The molecule has 0 spiro atoms. The van der Waals surface area contributed by atoms with E-state index in [1.165, 1.54) is 12.0 Å². The maximum atomic E-state index is 14.1. The van der Waals surface area contributed by atoms with Crippen molar-refractivity contribution >= 4 is 43.5 Å². The van der Waals surface area contributed by atoms with Crippen LogP contribution in [0.15, 0.2) is 83.3 Å². The molecule has 3 rings (SSSR count). The maximum Gasteiger partial charge on any atom is 0.244 e. The SMILES string of the molecule is COc1cccc(N(CC(=O)N(Cc2cccc(Br)c2)[C@@H](Cc2ccccc2)C(=O)NCC(C)C)S(C)(=O)=O)c1. The van der Waals surface area contributed by atoms with Gasteiger partial charge >= 0.3 is 0 Å². The Labute approximate surface area is 245 Å². The summed E-state index contributed by atoms with van der Waals surface area (Å²) in [7, 11) is -2.37. The third-order valence-electron chi connectivity index (χ3n) is 6.22. The number of anilines is 1. The molecule has 0 radical (unpaired) electrons. The summed E-state index contributed by atoms with van der Waals surface area (Å²) < 4.78 is 32.9. The van der Waals surface area contributed by atoms with E-state index >= 15 is 0 Å². The molecule has 1 N–H and O–H groups in total. The summed E-state index contributed by atoms with van der Waals surface area (Å²) in [6.45, 7) is 4.07. The molecule has 0 aliphatic carbocycles. The summed E-state index contributed by atoms with van der Waals surface area (Å²) >= 11 is 3.48. The van der Waals surface area contributed by atoms with Crippen LogP contribution in [0.1, 0.15) is 25.0 Å². The number of ether oxygens (including phenoxy) is 1. The van der Waals surface area contributed by atoms with Crippen molar-refractivity contribution in [1.29, 1.82) is 0 Å². The van der Waals surface area contributed by atoms with E-state index in [2.05, 4.69) is 21.2 Å². The van der Waals surface area contributed by atoms with Gasteiger partial charge in [-0.15, -0.1) is 0 Å².